The van der Waals surface area contributed by atoms with Gasteiger partial charge in [-0.2, -0.15) is 5.10 Å². The maximum absolute atomic E-state index is 11.8. The molecule has 2 aromatic rings. The van der Waals surface area contributed by atoms with E-state index in [9.17, 15) is 4.79 Å². The number of fused-ring (bicyclic) bond motifs is 1. The van der Waals surface area contributed by atoms with Crippen molar-refractivity contribution in [3.8, 4) is 0 Å². The second-order valence-electron chi connectivity index (χ2n) is 5.31. The zero-order valence-corrected chi connectivity index (χ0v) is 11.9. The number of carbonyl (C=O) groups is 1. The number of amides is 1. The van der Waals surface area contributed by atoms with Gasteiger partial charge in [0.2, 0.25) is 11.9 Å². The highest BCUT2D eigenvalue weighted by Gasteiger charge is 2.23. The van der Waals surface area contributed by atoms with Crippen LogP contribution in [0.3, 0.4) is 0 Å². The van der Waals surface area contributed by atoms with Crippen molar-refractivity contribution in [1.29, 1.82) is 0 Å². The average Bonchev–Trinajstić information content (AvgIpc) is 3.08. The Morgan fingerprint density at radius 1 is 1.50 bits per heavy atom. The maximum atomic E-state index is 11.8. The van der Waals surface area contributed by atoms with E-state index in [1.807, 2.05) is 18.5 Å². The Hall–Kier alpha value is -2.05. The normalized spacial score (nSPS) is 14.9. The van der Waals surface area contributed by atoms with Gasteiger partial charge in [0.25, 0.3) is 0 Å². The lowest BCUT2D eigenvalue weighted by Gasteiger charge is -2.07. The van der Waals surface area contributed by atoms with Gasteiger partial charge in [0.1, 0.15) is 5.52 Å². The molecule has 0 aliphatic heterocycles. The fourth-order valence-electron chi connectivity index (χ4n) is 2.46. The number of nitrogen functional groups attached to an aromatic ring is 1. The number of anilines is 1. The first kappa shape index (κ1) is 13.0. The first-order valence-electron chi connectivity index (χ1n) is 7.07. The molecule has 0 bridgehead atoms. The summed E-state index contributed by atoms with van der Waals surface area (Å²) in [4.78, 5) is 16.2. The molecular weight excluding hydrogens is 256 g/mol. The van der Waals surface area contributed by atoms with E-state index >= 15 is 0 Å². The summed E-state index contributed by atoms with van der Waals surface area (Å²) in [6.07, 6.45) is 3.43. The van der Waals surface area contributed by atoms with E-state index in [0.717, 1.165) is 36.1 Å². The lowest BCUT2D eigenvalue weighted by molar-refractivity contribution is -0.121. The minimum absolute atomic E-state index is 0.0756. The predicted molar refractivity (Wildman–Crippen MR) is 76.1 cm³/mol. The molecule has 0 saturated heterocycles. The minimum atomic E-state index is 0.0756. The zero-order valence-electron chi connectivity index (χ0n) is 11.9. The predicted octanol–water partition coefficient (Wildman–Crippen LogP) is 0.583. The fraction of sp³-hybridized carbons (Fsp3) is 0.615. The number of hydrogen-bond donors (Lipinski definition) is 2. The van der Waals surface area contributed by atoms with E-state index in [2.05, 4.69) is 15.4 Å². The van der Waals surface area contributed by atoms with Gasteiger partial charge in [-0.15, -0.1) is 0 Å². The molecule has 7 nitrogen and oxygen atoms in total. The minimum Gasteiger partial charge on any atom is -0.369 e. The van der Waals surface area contributed by atoms with Gasteiger partial charge in [-0.25, -0.2) is 4.98 Å². The lowest BCUT2D eigenvalue weighted by Crippen LogP contribution is -2.26. The number of hydrogen-bond acceptors (Lipinski definition) is 4. The van der Waals surface area contributed by atoms with Crippen LogP contribution in [-0.4, -0.2) is 31.3 Å². The summed E-state index contributed by atoms with van der Waals surface area (Å²) in [5.41, 5.74) is 8.64. The number of imidazole rings is 1. The topological polar surface area (TPSA) is 90.8 Å². The average molecular weight is 276 g/mol. The Morgan fingerprint density at radius 3 is 2.90 bits per heavy atom. The molecule has 20 heavy (non-hydrogen) atoms. The smallest absolute Gasteiger partial charge is 0.222 e. The molecular formula is C13H20N6O. The molecule has 0 radical (unpaired) electrons. The van der Waals surface area contributed by atoms with Crippen molar-refractivity contribution in [3.05, 3.63) is 5.69 Å². The largest absolute Gasteiger partial charge is 0.369 e. The Kier molecular flexibility index (Phi) is 3.11. The molecule has 2 heterocycles. The van der Waals surface area contributed by atoms with E-state index in [0.29, 0.717) is 25.0 Å². The van der Waals surface area contributed by atoms with E-state index in [1.165, 1.54) is 0 Å². The first-order valence-corrected chi connectivity index (χ1v) is 7.07. The van der Waals surface area contributed by atoms with Crippen molar-refractivity contribution in [2.45, 2.75) is 45.2 Å². The van der Waals surface area contributed by atoms with E-state index in [1.54, 1.807) is 4.68 Å². The van der Waals surface area contributed by atoms with Crippen molar-refractivity contribution < 1.29 is 4.79 Å². The van der Waals surface area contributed by atoms with Crippen LogP contribution in [0.4, 0.5) is 5.95 Å². The van der Waals surface area contributed by atoms with Crippen LogP contribution in [-0.2, 0) is 24.8 Å². The molecule has 7 heteroatoms. The number of aryl methyl sites for hydroxylation is 3. The van der Waals surface area contributed by atoms with Gasteiger partial charge < -0.3 is 11.1 Å². The Labute approximate surface area is 117 Å². The molecule has 1 amide bonds. The number of nitrogens with two attached hydrogens (primary N) is 1. The number of nitrogens with one attached hydrogen (secondary N) is 1. The maximum Gasteiger partial charge on any atom is 0.222 e. The summed E-state index contributed by atoms with van der Waals surface area (Å²) in [5, 5.41) is 7.41. The van der Waals surface area contributed by atoms with Crippen LogP contribution < -0.4 is 11.1 Å². The molecule has 0 atom stereocenters. The second kappa shape index (κ2) is 4.81. The second-order valence-corrected chi connectivity index (χ2v) is 5.31. The molecule has 1 saturated carbocycles. The first-order chi connectivity index (χ1) is 9.60. The molecule has 1 fully saturated rings. The molecule has 3 rings (SSSR count). The highest BCUT2D eigenvalue weighted by atomic mass is 16.1. The van der Waals surface area contributed by atoms with Gasteiger partial charge in [-0.05, 0) is 19.3 Å². The molecule has 2 aromatic heterocycles. The van der Waals surface area contributed by atoms with Crippen LogP contribution in [0.5, 0.6) is 0 Å². The Morgan fingerprint density at radius 2 is 2.25 bits per heavy atom. The van der Waals surface area contributed by atoms with Crippen LogP contribution in [0.15, 0.2) is 0 Å². The third kappa shape index (κ3) is 2.23. The fourth-order valence-corrected chi connectivity index (χ4v) is 2.46. The zero-order chi connectivity index (χ0) is 14.3. The van der Waals surface area contributed by atoms with Crippen molar-refractivity contribution in [2.75, 3.05) is 5.73 Å². The monoisotopic (exact) mass is 276 g/mol. The van der Waals surface area contributed by atoms with E-state index < -0.39 is 0 Å². The molecule has 0 aromatic carbocycles. The van der Waals surface area contributed by atoms with Gasteiger partial charge in [-0.3, -0.25) is 14.0 Å². The van der Waals surface area contributed by atoms with Gasteiger partial charge in [0.15, 0.2) is 5.65 Å². The van der Waals surface area contributed by atoms with Crippen molar-refractivity contribution >= 4 is 23.0 Å². The number of nitrogens with zero attached hydrogens (tertiary/aromatic N) is 4. The third-order valence-corrected chi connectivity index (χ3v) is 3.66. The third-order valence-electron chi connectivity index (χ3n) is 3.66. The summed E-state index contributed by atoms with van der Waals surface area (Å²) in [6, 6.07) is 0.394. The molecule has 1 aliphatic carbocycles. The Bertz CT molecular complexity index is 651. The van der Waals surface area contributed by atoms with E-state index in [-0.39, 0.29) is 5.91 Å². The van der Waals surface area contributed by atoms with Crippen molar-refractivity contribution in [2.24, 2.45) is 7.05 Å². The number of aromatic nitrogens is 4. The van der Waals surface area contributed by atoms with Crippen molar-refractivity contribution in [3.63, 3.8) is 0 Å². The van der Waals surface area contributed by atoms with E-state index in [4.69, 9.17) is 5.73 Å². The van der Waals surface area contributed by atoms with Crippen LogP contribution in [0.1, 0.15) is 31.9 Å². The summed E-state index contributed by atoms with van der Waals surface area (Å²) in [6.45, 7) is 2.57. The molecule has 0 unspecified atom stereocenters. The van der Waals surface area contributed by atoms with Crippen LogP contribution in [0.2, 0.25) is 0 Å². The summed E-state index contributed by atoms with van der Waals surface area (Å²) in [5.74, 6) is 0.522. The van der Waals surface area contributed by atoms with Gasteiger partial charge in [0.05, 0.1) is 5.69 Å². The standard InChI is InChI=1S/C13H20N6O/c1-3-9-11-12(18(2)17-9)19(13(14)16-11)7-6-10(20)15-8-4-5-8/h8H,3-7H2,1-2H3,(H2,14,16)(H,15,20). The van der Waals surface area contributed by atoms with Gasteiger partial charge in [0, 0.05) is 26.1 Å². The Balaban J connectivity index is 1.81. The van der Waals surface area contributed by atoms with Crippen LogP contribution >= 0.6 is 0 Å². The van der Waals surface area contributed by atoms with Crippen LogP contribution in [0, 0.1) is 0 Å². The van der Waals surface area contributed by atoms with Crippen molar-refractivity contribution in [1.82, 2.24) is 24.6 Å². The molecule has 1 aliphatic rings. The molecule has 3 N–H and O–H groups in total. The summed E-state index contributed by atoms with van der Waals surface area (Å²) >= 11 is 0. The lowest BCUT2D eigenvalue weighted by atomic mass is 10.3. The van der Waals surface area contributed by atoms with Gasteiger partial charge in [-0.1, -0.05) is 6.92 Å². The quantitative estimate of drug-likeness (QED) is 0.836. The number of carbonyl (C=O) groups excluding carboxylic acids is 1. The summed E-state index contributed by atoms with van der Waals surface area (Å²) in [7, 11) is 1.88. The highest BCUT2D eigenvalue weighted by molar-refractivity contribution is 5.79. The molecule has 0 spiro atoms. The van der Waals surface area contributed by atoms with Gasteiger partial charge >= 0.3 is 0 Å². The van der Waals surface area contributed by atoms with Crippen LogP contribution in [0.25, 0.3) is 11.2 Å². The highest BCUT2D eigenvalue weighted by Crippen LogP contribution is 2.22. The molecule has 108 valence electrons. The summed E-state index contributed by atoms with van der Waals surface area (Å²) < 4.78 is 3.66. The SMILES string of the molecule is CCc1nn(C)c2c1nc(N)n2CCC(=O)NC1CC1. The number of rotatable bonds is 5.